The number of amides is 1. The van der Waals surface area contributed by atoms with Gasteiger partial charge in [0.2, 0.25) is 5.91 Å². The predicted molar refractivity (Wildman–Crippen MR) is 104 cm³/mol. The highest BCUT2D eigenvalue weighted by Crippen LogP contribution is 2.44. The number of anilines is 2. The third kappa shape index (κ3) is 3.06. The highest BCUT2D eigenvalue weighted by molar-refractivity contribution is 7.93. The van der Waals surface area contributed by atoms with Gasteiger partial charge in [0.1, 0.15) is 0 Å². The van der Waals surface area contributed by atoms with Crippen LogP contribution in [0.1, 0.15) is 24.8 Å². The molecule has 1 fully saturated rings. The number of carbonyl (C=O) groups is 1. The SMILES string of the molecule is Cc1ccc(S(=O)(=O)C2(C(=O)Nc3cc(Cl)c(N)c(Cl)c3)CCC2)cc1. The molecule has 0 radical (unpaired) electrons. The van der Waals surface area contributed by atoms with Crippen molar-refractivity contribution in [1.29, 1.82) is 0 Å². The number of aryl methyl sites for hydroxylation is 1. The normalized spacial score (nSPS) is 16.0. The van der Waals surface area contributed by atoms with Gasteiger partial charge in [-0.05, 0) is 50.5 Å². The van der Waals surface area contributed by atoms with Crippen molar-refractivity contribution in [2.45, 2.75) is 35.8 Å². The first kappa shape index (κ1) is 19.0. The van der Waals surface area contributed by atoms with Crippen molar-refractivity contribution in [2.24, 2.45) is 0 Å². The highest BCUT2D eigenvalue weighted by atomic mass is 35.5. The molecule has 1 saturated carbocycles. The molecule has 0 aromatic heterocycles. The van der Waals surface area contributed by atoms with Gasteiger partial charge in [0.05, 0.1) is 20.6 Å². The molecule has 0 saturated heterocycles. The molecule has 3 rings (SSSR count). The van der Waals surface area contributed by atoms with Crippen molar-refractivity contribution in [1.82, 2.24) is 0 Å². The molecule has 0 unspecified atom stereocenters. The fourth-order valence-electron chi connectivity index (χ4n) is 2.96. The maximum Gasteiger partial charge on any atom is 0.246 e. The van der Waals surface area contributed by atoms with E-state index in [2.05, 4.69) is 5.32 Å². The summed E-state index contributed by atoms with van der Waals surface area (Å²) < 4.78 is 24.8. The minimum atomic E-state index is -3.83. The summed E-state index contributed by atoms with van der Waals surface area (Å²) in [6.45, 7) is 1.87. The number of rotatable bonds is 4. The van der Waals surface area contributed by atoms with Crippen LogP contribution in [-0.2, 0) is 14.6 Å². The first-order valence-corrected chi connectivity index (χ1v) is 10.3. The number of nitrogens with two attached hydrogens (primary N) is 1. The van der Waals surface area contributed by atoms with Gasteiger partial charge < -0.3 is 11.1 Å². The minimum absolute atomic E-state index is 0.145. The number of carbonyl (C=O) groups excluding carboxylic acids is 1. The van der Waals surface area contributed by atoms with E-state index in [4.69, 9.17) is 28.9 Å². The van der Waals surface area contributed by atoms with Gasteiger partial charge in [-0.2, -0.15) is 0 Å². The average Bonchev–Trinajstić information content (AvgIpc) is 2.51. The summed E-state index contributed by atoms with van der Waals surface area (Å²) in [4.78, 5) is 13.0. The van der Waals surface area contributed by atoms with Crippen molar-refractivity contribution >= 4 is 50.3 Å². The zero-order valence-corrected chi connectivity index (χ0v) is 16.4. The maximum atomic E-state index is 13.1. The van der Waals surface area contributed by atoms with E-state index in [0.29, 0.717) is 12.1 Å². The monoisotopic (exact) mass is 412 g/mol. The molecule has 0 atom stereocenters. The van der Waals surface area contributed by atoms with Crippen LogP contribution in [0.3, 0.4) is 0 Å². The average molecular weight is 413 g/mol. The van der Waals surface area contributed by atoms with Crippen molar-refractivity contribution in [3.63, 3.8) is 0 Å². The number of halogens is 2. The Morgan fingerprint density at radius 3 is 2.12 bits per heavy atom. The molecule has 0 spiro atoms. The summed E-state index contributed by atoms with van der Waals surface area (Å²) >= 11 is 12.0. The lowest BCUT2D eigenvalue weighted by Gasteiger charge is -2.39. The molecule has 2 aromatic rings. The topological polar surface area (TPSA) is 89.3 Å². The molecule has 1 aliphatic rings. The summed E-state index contributed by atoms with van der Waals surface area (Å²) in [6.07, 6.45) is 1.21. The highest BCUT2D eigenvalue weighted by Gasteiger charge is 2.55. The zero-order chi connectivity index (χ0) is 19.1. The molecule has 0 heterocycles. The van der Waals surface area contributed by atoms with Crippen molar-refractivity contribution in [2.75, 3.05) is 11.1 Å². The van der Waals surface area contributed by atoms with E-state index in [0.717, 1.165) is 5.56 Å². The van der Waals surface area contributed by atoms with E-state index in [1.165, 1.54) is 24.3 Å². The summed E-state index contributed by atoms with van der Waals surface area (Å²) in [5.74, 6) is -0.582. The van der Waals surface area contributed by atoms with Crippen molar-refractivity contribution in [3.8, 4) is 0 Å². The standard InChI is InChI=1S/C18H18Cl2N2O3S/c1-11-3-5-13(6-4-11)26(24,25)18(7-2-8-18)17(23)22-12-9-14(19)16(21)15(20)10-12/h3-6,9-10H,2,7-8,21H2,1H3,(H,22,23). The Morgan fingerprint density at radius 2 is 1.65 bits per heavy atom. The Bertz CT molecular complexity index is 945. The second-order valence-corrected chi connectivity index (χ2v) is 9.55. The summed E-state index contributed by atoms with van der Waals surface area (Å²) in [5, 5.41) is 3.02. The van der Waals surface area contributed by atoms with E-state index >= 15 is 0 Å². The van der Waals surface area contributed by atoms with Crippen LogP contribution in [0.15, 0.2) is 41.3 Å². The van der Waals surface area contributed by atoms with Gasteiger partial charge in [-0.15, -0.1) is 0 Å². The van der Waals surface area contributed by atoms with Crippen LogP contribution < -0.4 is 11.1 Å². The molecule has 0 aliphatic heterocycles. The third-order valence-electron chi connectivity index (χ3n) is 4.76. The molecular formula is C18H18Cl2N2O3S. The number of sulfone groups is 1. The molecule has 5 nitrogen and oxygen atoms in total. The number of nitrogen functional groups attached to an aromatic ring is 1. The molecule has 0 bridgehead atoms. The molecule has 8 heteroatoms. The van der Waals surface area contributed by atoms with Crippen molar-refractivity contribution < 1.29 is 13.2 Å². The second kappa shape index (κ2) is 6.76. The van der Waals surface area contributed by atoms with Crippen LogP contribution in [0.25, 0.3) is 0 Å². The van der Waals surface area contributed by atoms with E-state index in [-0.39, 0.29) is 33.5 Å². The number of hydrogen-bond donors (Lipinski definition) is 2. The van der Waals surface area contributed by atoms with Gasteiger partial charge in [0, 0.05) is 5.69 Å². The van der Waals surface area contributed by atoms with Gasteiger partial charge in [-0.25, -0.2) is 8.42 Å². The molecule has 1 aliphatic carbocycles. The molecular weight excluding hydrogens is 395 g/mol. The Hall–Kier alpha value is -1.76. The summed E-state index contributed by atoms with van der Waals surface area (Å²) in [6, 6.07) is 9.41. The maximum absolute atomic E-state index is 13.1. The van der Waals surface area contributed by atoms with Crippen LogP contribution in [0.2, 0.25) is 10.0 Å². The second-order valence-electron chi connectivity index (χ2n) is 6.47. The first-order valence-electron chi connectivity index (χ1n) is 8.05. The Balaban J connectivity index is 1.94. The van der Waals surface area contributed by atoms with Crippen LogP contribution in [0, 0.1) is 6.92 Å². The van der Waals surface area contributed by atoms with Gasteiger partial charge >= 0.3 is 0 Å². The molecule has 138 valence electrons. The number of benzene rings is 2. The van der Waals surface area contributed by atoms with Crippen LogP contribution in [0.4, 0.5) is 11.4 Å². The number of hydrogen-bond acceptors (Lipinski definition) is 4. The van der Waals surface area contributed by atoms with Gasteiger partial charge in [-0.1, -0.05) is 40.9 Å². The molecule has 26 heavy (non-hydrogen) atoms. The van der Waals surface area contributed by atoms with Crippen LogP contribution in [-0.4, -0.2) is 19.1 Å². The Morgan fingerprint density at radius 1 is 1.12 bits per heavy atom. The van der Waals surface area contributed by atoms with E-state index in [1.54, 1.807) is 12.1 Å². The van der Waals surface area contributed by atoms with Crippen LogP contribution in [0.5, 0.6) is 0 Å². The largest absolute Gasteiger partial charge is 0.396 e. The Kier molecular flexibility index (Phi) is 4.94. The van der Waals surface area contributed by atoms with E-state index < -0.39 is 20.5 Å². The lowest BCUT2D eigenvalue weighted by molar-refractivity contribution is -0.120. The quantitative estimate of drug-likeness (QED) is 0.735. The fraction of sp³-hybridized carbons (Fsp3) is 0.278. The smallest absolute Gasteiger partial charge is 0.246 e. The van der Waals surface area contributed by atoms with Gasteiger partial charge in [0.15, 0.2) is 14.6 Å². The number of nitrogens with one attached hydrogen (secondary N) is 1. The third-order valence-corrected chi connectivity index (χ3v) is 7.90. The summed E-state index contributed by atoms with van der Waals surface area (Å²) in [5.41, 5.74) is 7.15. The van der Waals surface area contributed by atoms with Crippen LogP contribution >= 0.6 is 23.2 Å². The van der Waals surface area contributed by atoms with E-state index in [9.17, 15) is 13.2 Å². The molecule has 2 aromatic carbocycles. The Labute approximate surface area is 162 Å². The lowest BCUT2D eigenvalue weighted by Crippen LogP contribution is -2.54. The van der Waals surface area contributed by atoms with Gasteiger partial charge in [-0.3, -0.25) is 4.79 Å². The lowest BCUT2D eigenvalue weighted by atomic mass is 9.83. The predicted octanol–water partition coefficient (Wildman–Crippen LogP) is 4.22. The van der Waals surface area contributed by atoms with E-state index in [1.807, 2.05) is 6.92 Å². The minimum Gasteiger partial charge on any atom is -0.396 e. The zero-order valence-electron chi connectivity index (χ0n) is 14.1. The molecule has 3 N–H and O–H groups in total. The van der Waals surface area contributed by atoms with Crippen molar-refractivity contribution in [3.05, 3.63) is 52.0 Å². The summed E-state index contributed by atoms with van der Waals surface area (Å²) in [7, 11) is -3.83. The first-order chi connectivity index (χ1) is 12.2. The fourth-order valence-corrected chi connectivity index (χ4v) is 5.51. The van der Waals surface area contributed by atoms with Gasteiger partial charge in [0.25, 0.3) is 0 Å². The molecule has 1 amide bonds.